The SMILES string of the molecule is CC(C)N(Cc1ccc(-c2cccc(OC(F)F)c2)cc1F)C(=O)c1cc2c(cc1F)nc(N)c1cncn12. The maximum Gasteiger partial charge on any atom is 0.387 e. The van der Waals surface area contributed by atoms with E-state index >= 15 is 8.78 Å². The van der Waals surface area contributed by atoms with Crippen molar-refractivity contribution in [2.75, 3.05) is 5.73 Å². The van der Waals surface area contributed by atoms with Crippen molar-refractivity contribution in [3.05, 3.63) is 89.9 Å². The average Bonchev–Trinajstić information content (AvgIpc) is 3.38. The lowest BCUT2D eigenvalue weighted by Crippen LogP contribution is -2.37. The van der Waals surface area contributed by atoms with Gasteiger partial charge in [-0.2, -0.15) is 8.78 Å². The van der Waals surface area contributed by atoms with Crippen LogP contribution in [0, 0.1) is 11.6 Å². The first-order valence-electron chi connectivity index (χ1n) is 12.0. The Labute approximate surface area is 220 Å². The first-order chi connectivity index (χ1) is 18.6. The van der Waals surface area contributed by atoms with E-state index in [1.54, 1.807) is 30.4 Å². The molecule has 11 heteroatoms. The number of anilines is 1. The fraction of sp³-hybridized carbons (Fsp3) is 0.179. The Morgan fingerprint density at radius 3 is 2.51 bits per heavy atom. The van der Waals surface area contributed by atoms with Crippen molar-refractivity contribution >= 4 is 28.3 Å². The number of alkyl halides is 2. The highest BCUT2D eigenvalue weighted by molar-refractivity contribution is 5.98. The standard InChI is InChI=1S/C28H23F4N5O2/c1-15(2)36(13-18-7-6-17(9-21(18)29)16-4-3-5-19(8-16)39-28(31)32)27(38)20-10-24-23(11-22(20)30)35-26(33)25-12-34-14-37(24)25/h3-12,14-15,28H,13H2,1-2H3,(H2,33,35). The van der Waals surface area contributed by atoms with Crippen LogP contribution in [0.1, 0.15) is 29.8 Å². The molecule has 0 aliphatic rings. The summed E-state index contributed by atoms with van der Waals surface area (Å²) < 4.78 is 61.5. The topological polar surface area (TPSA) is 85.8 Å². The number of nitrogens with two attached hydrogens (primary N) is 1. The minimum absolute atomic E-state index is 0.0492. The summed E-state index contributed by atoms with van der Waals surface area (Å²) in [5.74, 6) is -1.90. The predicted molar refractivity (Wildman–Crippen MR) is 138 cm³/mol. The van der Waals surface area contributed by atoms with E-state index in [0.29, 0.717) is 22.2 Å². The van der Waals surface area contributed by atoms with Crippen molar-refractivity contribution in [2.45, 2.75) is 33.0 Å². The molecule has 1 amide bonds. The number of nitrogen functional groups attached to an aromatic ring is 1. The van der Waals surface area contributed by atoms with Gasteiger partial charge in [0.1, 0.15) is 28.7 Å². The van der Waals surface area contributed by atoms with E-state index in [2.05, 4.69) is 14.7 Å². The van der Waals surface area contributed by atoms with Gasteiger partial charge in [-0.05, 0) is 49.2 Å². The number of hydrogen-bond acceptors (Lipinski definition) is 5. The highest BCUT2D eigenvalue weighted by atomic mass is 19.3. The summed E-state index contributed by atoms with van der Waals surface area (Å²) >= 11 is 0. The number of nitrogens with zero attached hydrogens (tertiary/aromatic N) is 4. The van der Waals surface area contributed by atoms with Crippen molar-refractivity contribution in [3.8, 4) is 16.9 Å². The predicted octanol–water partition coefficient (Wildman–Crippen LogP) is 6.06. The minimum atomic E-state index is -2.98. The third-order valence-electron chi connectivity index (χ3n) is 6.37. The van der Waals surface area contributed by atoms with Crippen LogP contribution in [0.3, 0.4) is 0 Å². The molecule has 5 rings (SSSR count). The Morgan fingerprint density at radius 2 is 1.79 bits per heavy atom. The Balaban J connectivity index is 1.46. The normalized spacial score (nSPS) is 11.6. The molecule has 0 atom stereocenters. The molecule has 0 saturated carbocycles. The van der Waals surface area contributed by atoms with E-state index in [1.165, 1.54) is 53.8 Å². The zero-order valence-electron chi connectivity index (χ0n) is 20.9. The highest BCUT2D eigenvalue weighted by Crippen LogP contribution is 2.28. The Hall–Kier alpha value is -4.67. The molecular weight excluding hydrogens is 514 g/mol. The number of carbonyl (C=O) groups is 1. The van der Waals surface area contributed by atoms with Crippen molar-refractivity contribution < 1.29 is 27.1 Å². The molecule has 200 valence electrons. The second-order valence-electron chi connectivity index (χ2n) is 9.21. The van der Waals surface area contributed by atoms with Gasteiger partial charge in [-0.25, -0.2) is 18.7 Å². The van der Waals surface area contributed by atoms with E-state index in [4.69, 9.17) is 5.73 Å². The summed E-state index contributed by atoms with van der Waals surface area (Å²) in [6.45, 7) is 0.378. The number of ether oxygens (including phenoxy) is 1. The third kappa shape index (κ3) is 5.07. The molecule has 0 saturated heterocycles. The summed E-state index contributed by atoms with van der Waals surface area (Å²) in [5, 5.41) is 0. The number of hydrogen-bond donors (Lipinski definition) is 1. The summed E-state index contributed by atoms with van der Waals surface area (Å²) in [6, 6.07) is 12.4. The van der Waals surface area contributed by atoms with Gasteiger partial charge < -0.3 is 15.4 Å². The second kappa shape index (κ2) is 10.2. The number of benzene rings is 3. The second-order valence-corrected chi connectivity index (χ2v) is 9.21. The number of amides is 1. The quantitative estimate of drug-likeness (QED) is 0.255. The van der Waals surface area contributed by atoms with Crippen LogP contribution in [-0.2, 0) is 6.54 Å². The van der Waals surface area contributed by atoms with Crippen LogP contribution in [0.2, 0.25) is 0 Å². The van der Waals surface area contributed by atoms with E-state index < -0.39 is 30.2 Å². The van der Waals surface area contributed by atoms with Crippen LogP contribution in [0.15, 0.2) is 67.1 Å². The van der Waals surface area contributed by atoms with Gasteiger partial charge in [0.15, 0.2) is 0 Å². The van der Waals surface area contributed by atoms with Crippen molar-refractivity contribution in [2.24, 2.45) is 0 Å². The van der Waals surface area contributed by atoms with Gasteiger partial charge in [0, 0.05) is 24.2 Å². The molecule has 7 nitrogen and oxygen atoms in total. The fourth-order valence-corrected chi connectivity index (χ4v) is 4.40. The van der Waals surface area contributed by atoms with Gasteiger partial charge in [0.2, 0.25) is 0 Å². The molecule has 2 aromatic heterocycles. The van der Waals surface area contributed by atoms with Gasteiger partial charge in [0.05, 0.1) is 29.1 Å². The fourth-order valence-electron chi connectivity index (χ4n) is 4.40. The number of fused-ring (bicyclic) bond motifs is 3. The Bertz CT molecular complexity index is 1700. The van der Waals surface area contributed by atoms with Crippen LogP contribution in [-0.4, -0.2) is 37.8 Å². The zero-order chi connectivity index (χ0) is 27.8. The molecule has 0 radical (unpaired) electrons. The molecular formula is C28H23F4N5O2. The maximum absolute atomic E-state index is 15.2. The average molecular weight is 538 g/mol. The highest BCUT2D eigenvalue weighted by Gasteiger charge is 2.25. The lowest BCUT2D eigenvalue weighted by Gasteiger charge is -2.27. The maximum atomic E-state index is 15.2. The third-order valence-corrected chi connectivity index (χ3v) is 6.37. The zero-order valence-corrected chi connectivity index (χ0v) is 20.9. The number of rotatable bonds is 7. The van der Waals surface area contributed by atoms with Crippen LogP contribution in [0.25, 0.3) is 27.7 Å². The van der Waals surface area contributed by atoms with Crippen molar-refractivity contribution in [1.82, 2.24) is 19.3 Å². The van der Waals surface area contributed by atoms with Crippen LogP contribution in [0.5, 0.6) is 5.75 Å². The summed E-state index contributed by atoms with van der Waals surface area (Å²) in [4.78, 5) is 23.2. The van der Waals surface area contributed by atoms with E-state index in [-0.39, 0.29) is 34.8 Å². The van der Waals surface area contributed by atoms with Gasteiger partial charge in [-0.3, -0.25) is 9.20 Å². The molecule has 0 fully saturated rings. The molecule has 0 unspecified atom stereocenters. The summed E-state index contributed by atoms with van der Waals surface area (Å²) in [6.07, 6.45) is 3.01. The van der Waals surface area contributed by atoms with Crippen LogP contribution >= 0.6 is 0 Å². The van der Waals surface area contributed by atoms with Crippen molar-refractivity contribution in [3.63, 3.8) is 0 Å². The van der Waals surface area contributed by atoms with Crippen LogP contribution < -0.4 is 10.5 Å². The largest absolute Gasteiger partial charge is 0.435 e. The molecule has 5 aromatic rings. The first kappa shape index (κ1) is 26.0. The van der Waals surface area contributed by atoms with E-state index in [0.717, 1.165) is 6.07 Å². The molecule has 3 aromatic carbocycles. The lowest BCUT2D eigenvalue weighted by atomic mass is 10.0. The molecule has 2 heterocycles. The molecule has 0 aliphatic carbocycles. The molecule has 0 spiro atoms. The Kier molecular flexibility index (Phi) is 6.81. The lowest BCUT2D eigenvalue weighted by molar-refractivity contribution is -0.0498. The molecule has 0 bridgehead atoms. The van der Waals surface area contributed by atoms with Gasteiger partial charge >= 0.3 is 6.61 Å². The summed E-state index contributed by atoms with van der Waals surface area (Å²) in [5.41, 5.74) is 8.07. The minimum Gasteiger partial charge on any atom is -0.435 e. The monoisotopic (exact) mass is 537 g/mol. The molecule has 2 N–H and O–H groups in total. The smallest absolute Gasteiger partial charge is 0.387 e. The van der Waals surface area contributed by atoms with Gasteiger partial charge in [0.25, 0.3) is 5.91 Å². The van der Waals surface area contributed by atoms with Crippen LogP contribution in [0.4, 0.5) is 23.4 Å². The number of carbonyl (C=O) groups excluding carboxylic acids is 1. The Morgan fingerprint density at radius 1 is 1.03 bits per heavy atom. The number of halogens is 4. The van der Waals surface area contributed by atoms with E-state index in [1.807, 2.05) is 0 Å². The van der Waals surface area contributed by atoms with Gasteiger partial charge in [-0.1, -0.05) is 24.3 Å². The molecule has 39 heavy (non-hydrogen) atoms. The van der Waals surface area contributed by atoms with Gasteiger partial charge in [-0.15, -0.1) is 0 Å². The number of imidazole rings is 1. The summed E-state index contributed by atoms with van der Waals surface area (Å²) in [7, 11) is 0. The number of aromatic nitrogens is 3. The van der Waals surface area contributed by atoms with Crippen molar-refractivity contribution in [1.29, 1.82) is 0 Å². The molecule has 0 aliphatic heterocycles. The van der Waals surface area contributed by atoms with E-state index in [9.17, 15) is 13.6 Å². The first-order valence-corrected chi connectivity index (χ1v) is 12.0.